The largest absolute Gasteiger partial charge is 0.465 e. The molecular formula is C10H13ClN4O2. The fraction of sp³-hybridized carbons (Fsp3) is 0.500. The van der Waals surface area contributed by atoms with Crippen LogP contribution < -0.4 is 4.90 Å². The summed E-state index contributed by atoms with van der Waals surface area (Å²) in [4.78, 5) is 22.5. The van der Waals surface area contributed by atoms with E-state index in [1.807, 2.05) is 4.90 Å². The lowest BCUT2D eigenvalue weighted by Gasteiger charge is -2.33. The van der Waals surface area contributed by atoms with Gasteiger partial charge < -0.3 is 14.9 Å². The van der Waals surface area contributed by atoms with Crippen molar-refractivity contribution >= 4 is 23.5 Å². The van der Waals surface area contributed by atoms with Crippen molar-refractivity contribution in [1.82, 2.24) is 14.9 Å². The van der Waals surface area contributed by atoms with Gasteiger partial charge in [-0.1, -0.05) is 11.6 Å². The Labute approximate surface area is 104 Å². The van der Waals surface area contributed by atoms with Gasteiger partial charge in [-0.3, -0.25) is 0 Å². The topological polar surface area (TPSA) is 69.6 Å². The van der Waals surface area contributed by atoms with Crippen molar-refractivity contribution < 1.29 is 9.90 Å². The molecule has 1 N–H and O–H groups in total. The Kier molecular flexibility index (Phi) is 3.33. The van der Waals surface area contributed by atoms with Gasteiger partial charge in [-0.25, -0.2) is 14.8 Å². The lowest BCUT2D eigenvalue weighted by atomic mass is 10.3. The minimum atomic E-state index is -0.874. The molecule has 1 aliphatic heterocycles. The summed E-state index contributed by atoms with van der Waals surface area (Å²) >= 11 is 5.87. The Morgan fingerprint density at radius 1 is 1.35 bits per heavy atom. The van der Waals surface area contributed by atoms with Crippen LogP contribution in [0, 0.1) is 6.92 Å². The van der Waals surface area contributed by atoms with Gasteiger partial charge in [0.15, 0.2) is 0 Å². The lowest BCUT2D eigenvalue weighted by molar-refractivity contribution is 0.142. The van der Waals surface area contributed by atoms with Crippen LogP contribution in [0.2, 0.25) is 5.15 Å². The summed E-state index contributed by atoms with van der Waals surface area (Å²) in [5, 5.41) is 9.25. The van der Waals surface area contributed by atoms with Gasteiger partial charge in [0.2, 0.25) is 0 Å². The average Bonchev–Trinajstić information content (AvgIpc) is 2.28. The van der Waals surface area contributed by atoms with Gasteiger partial charge in [0.25, 0.3) is 0 Å². The molecule has 0 spiro atoms. The maximum Gasteiger partial charge on any atom is 0.407 e. The van der Waals surface area contributed by atoms with Crippen molar-refractivity contribution in [2.45, 2.75) is 6.92 Å². The third-order valence-electron chi connectivity index (χ3n) is 2.67. The van der Waals surface area contributed by atoms with E-state index in [4.69, 9.17) is 16.7 Å². The van der Waals surface area contributed by atoms with Crippen LogP contribution >= 0.6 is 11.6 Å². The molecule has 92 valence electrons. The summed E-state index contributed by atoms with van der Waals surface area (Å²) in [7, 11) is 0. The van der Waals surface area contributed by atoms with Crippen LogP contribution in [0.4, 0.5) is 10.6 Å². The Hall–Kier alpha value is -1.56. The maximum absolute atomic E-state index is 10.8. The van der Waals surface area contributed by atoms with Gasteiger partial charge in [-0.05, 0) is 6.92 Å². The first-order valence-electron chi connectivity index (χ1n) is 5.30. The Morgan fingerprint density at radius 3 is 2.53 bits per heavy atom. The number of carbonyl (C=O) groups is 1. The number of hydrogen-bond donors (Lipinski definition) is 1. The minimum absolute atomic E-state index is 0.410. The zero-order chi connectivity index (χ0) is 12.4. The van der Waals surface area contributed by atoms with Crippen molar-refractivity contribution in [3.8, 4) is 0 Å². The molecule has 1 saturated heterocycles. The van der Waals surface area contributed by atoms with Gasteiger partial charge in [0.1, 0.15) is 16.8 Å². The SMILES string of the molecule is Cc1nc(Cl)cc(N2CCN(C(=O)O)CC2)n1. The van der Waals surface area contributed by atoms with E-state index in [1.54, 1.807) is 13.0 Å². The molecule has 1 aromatic heterocycles. The number of amides is 1. The van der Waals surface area contributed by atoms with Gasteiger partial charge in [0.05, 0.1) is 0 Å². The second-order valence-electron chi connectivity index (χ2n) is 3.85. The van der Waals surface area contributed by atoms with Crippen molar-refractivity contribution in [3.05, 3.63) is 17.0 Å². The monoisotopic (exact) mass is 256 g/mol. The number of halogens is 1. The van der Waals surface area contributed by atoms with Crippen LogP contribution in [0.3, 0.4) is 0 Å². The number of nitrogens with zero attached hydrogens (tertiary/aromatic N) is 4. The van der Waals surface area contributed by atoms with Crippen LogP contribution in [0.15, 0.2) is 6.07 Å². The normalized spacial score (nSPS) is 16.1. The molecule has 0 radical (unpaired) electrons. The second-order valence-corrected chi connectivity index (χ2v) is 4.24. The van der Waals surface area contributed by atoms with Crippen LogP contribution in [-0.4, -0.2) is 52.2 Å². The van der Waals surface area contributed by atoms with E-state index in [2.05, 4.69) is 9.97 Å². The van der Waals surface area contributed by atoms with Crippen LogP contribution in [0.1, 0.15) is 5.82 Å². The number of anilines is 1. The molecule has 0 unspecified atom stereocenters. The van der Waals surface area contributed by atoms with E-state index < -0.39 is 6.09 Å². The summed E-state index contributed by atoms with van der Waals surface area (Å²) in [6.07, 6.45) is -0.874. The molecule has 1 aromatic rings. The maximum atomic E-state index is 10.8. The summed E-state index contributed by atoms with van der Waals surface area (Å²) in [5.41, 5.74) is 0. The molecule has 2 heterocycles. The third-order valence-corrected chi connectivity index (χ3v) is 2.86. The second kappa shape index (κ2) is 4.75. The van der Waals surface area contributed by atoms with Gasteiger partial charge in [0, 0.05) is 32.2 Å². The van der Waals surface area contributed by atoms with Crippen molar-refractivity contribution in [2.24, 2.45) is 0 Å². The first-order valence-corrected chi connectivity index (χ1v) is 5.68. The molecule has 0 atom stereocenters. The van der Waals surface area contributed by atoms with Crippen molar-refractivity contribution in [1.29, 1.82) is 0 Å². The first kappa shape index (κ1) is 11.9. The molecule has 7 heteroatoms. The van der Waals surface area contributed by atoms with Crippen LogP contribution in [0.5, 0.6) is 0 Å². The summed E-state index contributed by atoms with van der Waals surface area (Å²) in [5.74, 6) is 1.38. The van der Waals surface area contributed by atoms with E-state index in [9.17, 15) is 4.79 Å². The standard InChI is InChI=1S/C10H13ClN4O2/c1-7-12-8(11)6-9(13-7)14-2-4-15(5-3-14)10(16)17/h6H,2-5H2,1H3,(H,16,17). The van der Waals surface area contributed by atoms with E-state index in [-0.39, 0.29) is 0 Å². The Morgan fingerprint density at radius 2 is 2.00 bits per heavy atom. The number of hydrogen-bond acceptors (Lipinski definition) is 4. The van der Waals surface area contributed by atoms with E-state index in [0.29, 0.717) is 37.2 Å². The molecule has 0 saturated carbocycles. The number of aromatic nitrogens is 2. The van der Waals surface area contributed by atoms with Gasteiger partial charge in [-0.15, -0.1) is 0 Å². The molecule has 1 amide bonds. The number of aryl methyl sites for hydroxylation is 1. The number of piperazine rings is 1. The highest BCUT2D eigenvalue weighted by Gasteiger charge is 2.21. The molecule has 0 aromatic carbocycles. The minimum Gasteiger partial charge on any atom is -0.465 e. The molecule has 1 fully saturated rings. The summed E-state index contributed by atoms with van der Waals surface area (Å²) in [6.45, 7) is 3.99. The first-order chi connectivity index (χ1) is 8.06. The van der Waals surface area contributed by atoms with Gasteiger partial charge in [-0.2, -0.15) is 0 Å². The van der Waals surface area contributed by atoms with Gasteiger partial charge >= 0.3 is 6.09 Å². The predicted octanol–water partition coefficient (Wildman–Crippen LogP) is 1.24. The Balaban J connectivity index is 2.07. The molecule has 0 aliphatic carbocycles. The zero-order valence-corrected chi connectivity index (χ0v) is 10.2. The Bertz CT molecular complexity index is 412. The summed E-state index contributed by atoms with van der Waals surface area (Å²) < 4.78 is 0. The zero-order valence-electron chi connectivity index (χ0n) is 9.43. The lowest BCUT2D eigenvalue weighted by Crippen LogP contribution is -2.48. The van der Waals surface area contributed by atoms with Crippen molar-refractivity contribution in [2.75, 3.05) is 31.1 Å². The number of rotatable bonds is 1. The highest BCUT2D eigenvalue weighted by molar-refractivity contribution is 6.29. The smallest absolute Gasteiger partial charge is 0.407 e. The van der Waals surface area contributed by atoms with Crippen molar-refractivity contribution in [3.63, 3.8) is 0 Å². The predicted molar refractivity (Wildman–Crippen MR) is 63.6 cm³/mol. The van der Waals surface area contributed by atoms with E-state index in [1.165, 1.54) is 4.90 Å². The summed E-state index contributed by atoms with van der Waals surface area (Å²) in [6, 6.07) is 1.70. The highest BCUT2D eigenvalue weighted by Crippen LogP contribution is 2.17. The van der Waals surface area contributed by atoms with E-state index in [0.717, 1.165) is 5.82 Å². The van der Waals surface area contributed by atoms with Crippen LogP contribution in [0.25, 0.3) is 0 Å². The molecule has 17 heavy (non-hydrogen) atoms. The third kappa shape index (κ3) is 2.76. The van der Waals surface area contributed by atoms with Crippen LogP contribution in [-0.2, 0) is 0 Å². The average molecular weight is 257 g/mol. The molecule has 1 aliphatic rings. The quantitative estimate of drug-likeness (QED) is 0.766. The molecule has 6 nitrogen and oxygen atoms in total. The molecule has 0 bridgehead atoms. The molecule has 2 rings (SSSR count). The highest BCUT2D eigenvalue weighted by atomic mass is 35.5. The number of carboxylic acid groups (broad SMARTS) is 1. The fourth-order valence-corrected chi connectivity index (χ4v) is 2.03. The van der Waals surface area contributed by atoms with E-state index >= 15 is 0 Å². The fourth-order valence-electron chi connectivity index (χ4n) is 1.81. The molecular weight excluding hydrogens is 244 g/mol.